The molecule has 7 heteroatoms. The molecule has 0 bridgehead atoms. The molecule has 3 saturated heterocycles. The Hall–Kier alpha value is -1.18. The summed E-state index contributed by atoms with van der Waals surface area (Å²) in [6, 6.07) is -0.375. The summed E-state index contributed by atoms with van der Waals surface area (Å²) < 4.78 is 15.9. The molecule has 0 radical (unpaired) electrons. The Bertz CT molecular complexity index is 431. The van der Waals surface area contributed by atoms with Crippen molar-refractivity contribution in [2.75, 3.05) is 26.4 Å². The third kappa shape index (κ3) is 3.36. The van der Waals surface area contributed by atoms with Crippen LogP contribution in [0.5, 0.6) is 0 Å². The largest absolute Gasteiger partial charge is 0.379 e. The summed E-state index contributed by atoms with van der Waals surface area (Å²) >= 11 is 0. The number of ether oxygens (including phenoxy) is 3. The molecule has 0 aliphatic carbocycles. The van der Waals surface area contributed by atoms with E-state index >= 15 is 0 Å². The van der Waals surface area contributed by atoms with Gasteiger partial charge in [-0.1, -0.05) is 0 Å². The minimum Gasteiger partial charge on any atom is -0.379 e. The van der Waals surface area contributed by atoms with Gasteiger partial charge in [0, 0.05) is 12.6 Å². The molecule has 0 saturated carbocycles. The smallest absolute Gasteiger partial charge is 0.325 e. The topological polar surface area (TPSA) is 83.7 Å². The predicted octanol–water partition coefficient (Wildman–Crippen LogP) is 0.280. The molecule has 0 spiro atoms. The molecule has 3 aliphatic rings. The van der Waals surface area contributed by atoms with Gasteiger partial charge in [-0.2, -0.15) is 0 Å². The van der Waals surface area contributed by atoms with E-state index in [0.29, 0.717) is 19.6 Å². The average molecular weight is 298 g/mol. The minimum absolute atomic E-state index is 0.0564. The fraction of sp³-hybridized carbons (Fsp3) is 0.857. The number of rotatable bonds is 8. The first-order valence-corrected chi connectivity index (χ1v) is 7.44. The van der Waals surface area contributed by atoms with Crippen molar-refractivity contribution in [3.05, 3.63) is 0 Å². The van der Waals surface area contributed by atoms with E-state index in [1.165, 1.54) is 0 Å². The molecule has 0 aromatic heterocycles. The maximum absolute atomic E-state index is 12.1. The van der Waals surface area contributed by atoms with Crippen molar-refractivity contribution >= 4 is 11.9 Å². The zero-order valence-corrected chi connectivity index (χ0v) is 12.5. The number of carbonyl (C=O) groups is 2. The van der Waals surface area contributed by atoms with E-state index in [-0.39, 0.29) is 30.2 Å². The fourth-order valence-electron chi connectivity index (χ4n) is 2.75. The monoisotopic (exact) mass is 298 g/mol. The van der Waals surface area contributed by atoms with Crippen LogP contribution in [-0.4, -0.2) is 67.1 Å². The first-order chi connectivity index (χ1) is 9.98. The van der Waals surface area contributed by atoms with Crippen molar-refractivity contribution < 1.29 is 23.8 Å². The van der Waals surface area contributed by atoms with Crippen LogP contribution in [0.2, 0.25) is 0 Å². The first-order valence-electron chi connectivity index (χ1n) is 7.44. The molecule has 3 atom stereocenters. The van der Waals surface area contributed by atoms with Gasteiger partial charge in [-0.05, 0) is 26.7 Å². The van der Waals surface area contributed by atoms with E-state index in [1.807, 2.05) is 0 Å². The number of carbonyl (C=O) groups excluding carboxylic acids is 2. The number of urea groups is 1. The Balaban J connectivity index is 1.59. The van der Waals surface area contributed by atoms with Gasteiger partial charge in [0.1, 0.15) is 11.6 Å². The molecular formula is C14H22N2O5. The lowest BCUT2D eigenvalue weighted by molar-refractivity contribution is -0.125. The molecule has 3 rings (SSSR count). The van der Waals surface area contributed by atoms with Gasteiger partial charge in [-0.25, -0.2) is 4.79 Å². The number of amides is 3. The van der Waals surface area contributed by atoms with Crippen molar-refractivity contribution in [1.29, 1.82) is 0 Å². The molecule has 3 amide bonds. The minimum atomic E-state index is -0.823. The zero-order valence-electron chi connectivity index (χ0n) is 12.5. The summed E-state index contributed by atoms with van der Waals surface area (Å²) in [7, 11) is 0. The normalized spacial score (nSPS) is 31.2. The van der Waals surface area contributed by atoms with Gasteiger partial charge in [0.05, 0.1) is 25.9 Å². The molecule has 118 valence electrons. The SMILES string of the molecule is CC1(C)C(=O)NC(=O)N1C(CCOCC1CO1)CC1CO1. The zero-order chi connectivity index (χ0) is 15.0. The van der Waals surface area contributed by atoms with Crippen LogP contribution >= 0.6 is 0 Å². The van der Waals surface area contributed by atoms with Gasteiger partial charge in [0.2, 0.25) is 0 Å². The molecule has 0 aromatic carbocycles. The number of nitrogens with one attached hydrogen (secondary N) is 1. The molecule has 21 heavy (non-hydrogen) atoms. The summed E-state index contributed by atoms with van der Waals surface area (Å²) in [6.07, 6.45) is 1.87. The third-order valence-electron chi connectivity index (χ3n) is 4.20. The number of imide groups is 1. The van der Waals surface area contributed by atoms with Gasteiger partial charge in [-0.3, -0.25) is 10.1 Å². The van der Waals surface area contributed by atoms with Crippen LogP contribution in [0.1, 0.15) is 26.7 Å². The Morgan fingerprint density at radius 1 is 1.33 bits per heavy atom. The van der Waals surface area contributed by atoms with Gasteiger partial charge < -0.3 is 19.1 Å². The van der Waals surface area contributed by atoms with Crippen LogP contribution in [-0.2, 0) is 19.0 Å². The number of nitrogens with zero attached hydrogens (tertiary/aromatic N) is 1. The molecule has 7 nitrogen and oxygen atoms in total. The van der Waals surface area contributed by atoms with Crippen molar-refractivity contribution in [2.24, 2.45) is 0 Å². The fourth-order valence-corrected chi connectivity index (χ4v) is 2.75. The van der Waals surface area contributed by atoms with E-state index in [9.17, 15) is 9.59 Å². The van der Waals surface area contributed by atoms with Crippen molar-refractivity contribution in [1.82, 2.24) is 10.2 Å². The van der Waals surface area contributed by atoms with Gasteiger partial charge in [-0.15, -0.1) is 0 Å². The van der Waals surface area contributed by atoms with E-state index in [0.717, 1.165) is 19.6 Å². The van der Waals surface area contributed by atoms with E-state index < -0.39 is 5.54 Å². The van der Waals surface area contributed by atoms with Gasteiger partial charge in [0.25, 0.3) is 5.91 Å². The summed E-state index contributed by atoms with van der Waals surface area (Å²) in [5.74, 6) is -0.249. The Labute approximate surface area is 123 Å². The lowest BCUT2D eigenvalue weighted by Gasteiger charge is -2.35. The molecule has 1 N–H and O–H groups in total. The second-order valence-corrected chi connectivity index (χ2v) is 6.35. The van der Waals surface area contributed by atoms with Crippen molar-refractivity contribution in [3.63, 3.8) is 0 Å². The third-order valence-corrected chi connectivity index (χ3v) is 4.20. The lowest BCUT2D eigenvalue weighted by atomic mass is 9.98. The molecule has 3 aliphatic heterocycles. The van der Waals surface area contributed by atoms with Crippen LogP contribution in [0.3, 0.4) is 0 Å². The molecule has 3 unspecified atom stereocenters. The molecule has 3 heterocycles. The maximum atomic E-state index is 12.1. The number of epoxide rings is 2. The number of hydrogen-bond acceptors (Lipinski definition) is 5. The van der Waals surface area contributed by atoms with Crippen LogP contribution in [0.25, 0.3) is 0 Å². The van der Waals surface area contributed by atoms with Crippen molar-refractivity contribution in [3.8, 4) is 0 Å². The van der Waals surface area contributed by atoms with Gasteiger partial charge in [0.15, 0.2) is 0 Å². The molecule has 3 fully saturated rings. The summed E-state index contributed by atoms with van der Waals surface area (Å²) in [5.41, 5.74) is -0.823. The van der Waals surface area contributed by atoms with Crippen LogP contribution in [0.15, 0.2) is 0 Å². The highest BCUT2D eigenvalue weighted by Gasteiger charge is 2.49. The van der Waals surface area contributed by atoms with Crippen LogP contribution < -0.4 is 5.32 Å². The van der Waals surface area contributed by atoms with Crippen LogP contribution in [0, 0.1) is 0 Å². The predicted molar refractivity (Wildman–Crippen MR) is 72.8 cm³/mol. The Morgan fingerprint density at radius 2 is 2.00 bits per heavy atom. The maximum Gasteiger partial charge on any atom is 0.325 e. The Morgan fingerprint density at radius 3 is 2.52 bits per heavy atom. The van der Waals surface area contributed by atoms with Crippen LogP contribution in [0.4, 0.5) is 4.79 Å². The standard InChI is InChI=1S/C14H22N2O5/c1-14(2)12(17)15-13(18)16(14)9(5-10-7-20-10)3-4-19-6-11-8-21-11/h9-11H,3-8H2,1-2H3,(H,15,17,18). The summed E-state index contributed by atoms with van der Waals surface area (Å²) in [4.78, 5) is 25.6. The highest BCUT2D eigenvalue weighted by molar-refractivity contribution is 6.06. The highest BCUT2D eigenvalue weighted by atomic mass is 16.6. The van der Waals surface area contributed by atoms with E-state index in [4.69, 9.17) is 14.2 Å². The summed E-state index contributed by atoms with van der Waals surface area (Å²) in [5, 5.41) is 2.40. The lowest BCUT2D eigenvalue weighted by Crippen LogP contribution is -2.50. The summed E-state index contributed by atoms with van der Waals surface area (Å²) in [6.45, 7) is 6.19. The molecular weight excluding hydrogens is 276 g/mol. The van der Waals surface area contributed by atoms with Gasteiger partial charge >= 0.3 is 6.03 Å². The van der Waals surface area contributed by atoms with E-state index in [2.05, 4.69) is 5.32 Å². The highest BCUT2D eigenvalue weighted by Crippen LogP contribution is 2.30. The average Bonchev–Trinajstić information content (AvgIpc) is 3.28. The first kappa shape index (κ1) is 14.7. The van der Waals surface area contributed by atoms with Crippen molar-refractivity contribution in [2.45, 2.75) is 50.5 Å². The second kappa shape index (κ2) is 5.55. The Kier molecular flexibility index (Phi) is 3.90. The van der Waals surface area contributed by atoms with E-state index in [1.54, 1.807) is 18.7 Å². The second-order valence-electron chi connectivity index (χ2n) is 6.35. The number of hydrogen-bond donors (Lipinski definition) is 1. The molecule has 0 aromatic rings. The quantitative estimate of drug-likeness (QED) is 0.395.